The zero-order chi connectivity index (χ0) is 22.9. The maximum Gasteiger partial charge on any atom is 0.362 e. The van der Waals surface area contributed by atoms with Gasteiger partial charge in [0, 0.05) is 24.9 Å². The average Bonchev–Trinajstić information content (AvgIpc) is 3.45. The van der Waals surface area contributed by atoms with E-state index < -0.39 is 11.6 Å². The van der Waals surface area contributed by atoms with Gasteiger partial charge in [0.15, 0.2) is 0 Å². The zero-order valence-corrected chi connectivity index (χ0v) is 21.0. The van der Waals surface area contributed by atoms with E-state index >= 15 is 0 Å². The van der Waals surface area contributed by atoms with E-state index in [0.717, 1.165) is 19.3 Å². The van der Waals surface area contributed by atoms with Crippen molar-refractivity contribution >= 4 is 34.6 Å². The summed E-state index contributed by atoms with van der Waals surface area (Å²) >= 11 is 2.83. The molecule has 2 bridgehead atoms. The molecule has 2 aliphatic rings. The van der Waals surface area contributed by atoms with Crippen LogP contribution >= 0.6 is 22.7 Å². The number of thiophene rings is 2. The van der Waals surface area contributed by atoms with E-state index in [2.05, 4.69) is 25.8 Å². The lowest BCUT2D eigenvalue weighted by Gasteiger charge is -2.54. The van der Waals surface area contributed by atoms with Crippen LogP contribution in [0.3, 0.4) is 0 Å². The van der Waals surface area contributed by atoms with Crippen LogP contribution in [0.25, 0.3) is 0 Å². The summed E-state index contributed by atoms with van der Waals surface area (Å²) in [7, 11) is 2.20. The average molecular weight is 476 g/mol. The molecule has 0 saturated carbocycles. The van der Waals surface area contributed by atoms with Crippen molar-refractivity contribution in [2.75, 3.05) is 7.05 Å². The Balaban J connectivity index is 1.66. The highest BCUT2D eigenvalue weighted by atomic mass is 32.1. The third-order valence-electron chi connectivity index (χ3n) is 7.13. The topological polar surface area (TPSA) is 55.8 Å². The number of piperidine rings is 2. The molecule has 3 atom stereocenters. The van der Waals surface area contributed by atoms with Crippen molar-refractivity contribution in [2.45, 2.75) is 83.1 Å². The van der Waals surface area contributed by atoms with Gasteiger partial charge in [-0.25, -0.2) is 4.79 Å². The second-order valence-corrected chi connectivity index (χ2v) is 11.6. The van der Waals surface area contributed by atoms with Crippen LogP contribution in [0.2, 0.25) is 0 Å². The molecule has 0 N–H and O–H groups in total. The summed E-state index contributed by atoms with van der Waals surface area (Å²) in [4.78, 5) is 30.5. The number of rotatable bonds is 7. The van der Waals surface area contributed by atoms with Gasteiger partial charge in [-0.2, -0.15) is 0 Å². The smallest absolute Gasteiger partial charge is 0.362 e. The van der Waals surface area contributed by atoms with Gasteiger partial charge in [0.25, 0.3) is 5.60 Å². The molecule has 2 aromatic rings. The van der Waals surface area contributed by atoms with Crippen LogP contribution in [0.1, 0.15) is 69.1 Å². The maximum absolute atomic E-state index is 13.9. The monoisotopic (exact) mass is 475 g/mol. The van der Waals surface area contributed by atoms with Crippen LogP contribution in [0, 0.1) is 5.41 Å². The van der Waals surface area contributed by atoms with Crippen molar-refractivity contribution in [3.63, 3.8) is 0 Å². The molecule has 0 aliphatic carbocycles. The minimum Gasteiger partial charge on any atom is -0.459 e. The van der Waals surface area contributed by atoms with E-state index in [1.54, 1.807) is 0 Å². The molecule has 0 radical (unpaired) electrons. The number of nitrogens with zero attached hydrogens (tertiary/aromatic N) is 1. The highest BCUT2D eigenvalue weighted by molar-refractivity contribution is 7.12. The molecule has 2 aliphatic heterocycles. The molecule has 0 unspecified atom stereocenters. The van der Waals surface area contributed by atoms with Crippen LogP contribution < -0.4 is 0 Å². The second-order valence-electron chi connectivity index (χ2n) is 9.72. The molecular weight excluding hydrogens is 442 g/mol. The lowest BCUT2D eigenvalue weighted by molar-refractivity contribution is -0.187. The van der Waals surface area contributed by atoms with E-state index in [4.69, 9.17) is 9.47 Å². The first-order chi connectivity index (χ1) is 15.3. The summed E-state index contributed by atoms with van der Waals surface area (Å²) < 4.78 is 12.3. The van der Waals surface area contributed by atoms with Gasteiger partial charge in [-0.15, -0.1) is 22.7 Å². The Morgan fingerprint density at radius 1 is 1.16 bits per heavy atom. The molecule has 32 heavy (non-hydrogen) atoms. The Morgan fingerprint density at radius 3 is 2.38 bits per heavy atom. The van der Waals surface area contributed by atoms with Gasteiger partial charge in [0.2, 0.25) is 0 Å². The van der Waals surface area contributed by atoms with Crippen molar-refractivity contribution in [1.82, 2.24) is 4.90 Å². The Kier molecular flexibility index (Phi) is 6.80. The second kappa shape index (κ2) is 9.27. The molecule has 5 nitrogen and oxygen atoms in total. The molecule has 7 heteroatoms. The van der Waals surface area contributed by atoms with Gasteiger partial charge in [-0.05, 0) is 61.0 Å². The minimum absolute atomic E-state index is 0.183. The Morgan fingerprint density at radius 2 is 1.81 bits per heavy atom. The van der Waals surface area contributed by atoms with Gasteiger partial charge in [-0.3, -0.25) is 9.69 Å². The van der Waals surface area contributed by atoms with Crippen LogP contribution in [-0.4, -0.2) is 42.1 Å². The third-order valence-corrected chi connectivity index (χ3v) is 9.07. The van der Waals surface area contributed by atoms with E-state index in [1.807, 2.05) is 41.9 Å². The number of hydrogen-bond donors (Lipinski definition) is 0. The van der Waals surface area contributed by atoms with Gasteiger partial charge < -0.3 is 9.47 Å². The summed E-state index contributed by atoms with van der Waals surface area (Å²) in [5.74, 6) is -0.857. The summed E-state index contributed by atoms with van der Waals surface area (Å²) in [6.07, 6.45) is 4.67. The first kappa shape index (κ1) is 23.5. The Bertz CT molecular complexity index is 888. The van der Waals surface area contributed by atoms with Crippen molar-refractivity contribution in [3.8, 4) is 0 Å². The lowest BCUT2D eigenvalue weighted by Crippen LogP contribution is -2.59. The van der Waals surface area contributed by atoms with Crippen LogP contribution in [-0.2, 0) is 24.7 Å². The first-order valence-corrected chi connectivity index (χ1v) is 13.3. The fraction of sp³-hybridized carbons (Fsp3) is 0.600. The summed E-state index contributed by atoms with van der Waals surface area (Å²) in [5.41, 5.74) is -1.36. The van der Waals surface area contributed by atoms with Crippen molar-refractivity contribution in [2.24, 2.45) is 5.41 Å². The van der Waals surface area contributed by atoms with Gasteiger partial charge >= 0.3 is 11.9 Å². The maximum atomic E-state index is 13.9. The lowest BCUT2D eigenvalue weighted by atomic mass is 9.68. The van der Waals surface area contributed by atoms with Gasteiger partial charge in [-0.1, -0.05) is 32.9 Å². The molecule has 4 rings (SSSR count). The highest BCUT2D eigenvalue weighted by Crippen LogP contribution is 2.46. The Hall–Kier alpha value is -1.70. The van der Waals surface area contributed by atoms with Crippen LogP contribution in [0.4, 0.5) is 0 Å². The minimum atomic E-state index is -1.54. The predicted octanol–water partition coefficient (Wildman–Crippen LogP) is 5.59. The van der Waals surface area contributed by atoms with E-state index in [0.29, 0.717) is 28.3 Å². The molecule has 4 heterocycles. The third kappa shape index (κ3) is 4.27. The predicted molar refractivity (Wildman–Crippen MR) is 128 cm³/mol. The van der Waals surface area contributed by atoms with Crippen molar-refractivity contribution in [3.05, 3.63) is 44.8 Å². The van der Waals surface area contributed by atoms with Crippen LogP contribution in [0.5, 0.6) is 0 Å². The quantitative estimate of drug-likeness (QED) is 0.489. The highest BCUT2D eigenvalue weighted by Gasteiger charge is 2.52. The number of hydrogen-bond acceptors (Lipinski definition) is 7. The normalized spacial score (nSPS) is 25.3. The van der Waals surface area contributed by atoms with Gasteiger partial charge in [0.05, 0.1) is 9.75 Å². The number of carbonyl (C=O) groups is 2. The molecule has 0 amide bonds. The molecule has 2 saturated heterocycles. The van der Waals surface area contributed by atoms with Crippen LogP contribution in [0.15, 0.2) is 35.0 Å². The number of ether oxygens (including phenoxy) is 2. The zero-order valence-electron chi connectivity index (χ0n) is 19.3. The van der Waals surface area contributed by atoms with E-state index in [-0.39, 0.29) is 23.9 Å². The molecule has 2 aromatic heterocycles. The fourth-order valence-electron chi connectivity index (χ4n) is 5.31. The van der Waals surface area contributed by atoms with E-state index in [9.17, 15) is 9.59 Å². The van der Waals surface area contributed by atoms with E-state index in [1.165, 1.54) is 29.1 Å². The fourth-order valence-corrected chi connectivity index (χ4v) is 7.10. The van der Waals surface area contributed by atoms with Crippen molar-refractivity contribution in [1.29, 1.82) is 0 Å². The van der Waals surface area contributed by atoms with Gasteiger partial charge in [0.1, 0.15) is 6.10 Å². The molecule has 0 aromatic carbocycles. The Labute approximate surface area is 198 Å². The SMILES string of the molecule is CCCC(=O)OC(C(=O)O[C@@H]1C[C@H]2CCC(C)(C)[C@@H](C1)N2C)(c1cccs1)c1cccs1. The molecular formula is C25H33NO4S2. The molecule has 174 valence electrons. The largest absolute Gasteiger partial charge is 0.459 e. The number of esters is 2. The summed E-state index contributed by atoms with van der Waals surface area (Å²) in [6.45, 7) is 6.54. The molecule has 0 spiro atoms. The summed E-state index contributed by atoms with van der Waals surface area (Å²) in [6, 6.07) is 8.26. The number of carbonyl (C=O) groups excluding carboxylic acids is 2. The number of fused-ring (bicyclic) bond motifs is 2. The first-order valence-electron chi connectivity index (χ1n) is 11.5. The summed E-state index contributed by atoms with van der Waals surface area (Å²) in [5, 5.41) is 3.81. The standard InChI is InChI=1S/C25H33NO4S2/c1-5-8-22(27)30-25(20-9-6-13-31-20,21-10-7-14-32-21)23(28)29-18-15-17-11-12-24(2,3)19(16-18)26(17)4/h6-7,9-10,13-14,17-19H,5,8,11-12,15-16H2,1-4H3/t17-,18-,19-/m1/s1. The molecule has 2 fully saturated rings. The van der Waals surface area contributed by atoms with Crippen molar-refractivity contribution < 1.29 is 19.1 Å².